The lowest BCUT2D eigenvalue weighted by Crippen LogP contribution is -2.45. The maximum absolute atomic E-state index is 12.9. The van der Waals surface area contributed by atoms with Crippen LogP contribution >= 0.6 is 11.3 Å². The lowest BCUT2D eigenvalue weighted by molar-refractivity contribution is -0.124. The van der Waals surface area contributed by atoms with Gasteiger partial charge in [-0.05, 0) is 48.5 Å². The van der Waals surface area contributed by atoms with Crippen LogP contribution in [0, 0.1) is 0 Å². The van der Waals surface area contributed by atoms with Crippen molar-refractivity contribution in [2.75, 3.05) is 19.6 Å². The van der Waals surface area contributed by atoms with Gasteiger partial charge in [0.25, 0.3) is 10.0 Å². The first-order valence-corrected chi connectivity index (χ1v) is 12.4. The number of amides is 1. The Bertz CT molecular complexity index is 909. The van der Waals surface area contributed by atoms with Crippen LogP contribution in [0.2, 0.25) is 0 Å². The molecule has 1 N–H and O–H groups in total. The molecule has 1 aromatic heterocycles. The molecule has 2 heterocycles. The lowest BCUT2D eigenvalue weighted by atomic mass is 10.1. The second-order valence-corrected chi connectivity index (χ2v) is 10.2. The van der Waals surface area contributed by atoms with Crippen LogP contribution in [-0.2, 0) is 27.9 Å². The first kappa shape index (κ1) is 22.0. The first-order chi connectivity index (χ1) is 14.0. The number of benzene rings is 1. The molecule has 0 spiro atoms. The molecule has 158 valence electrons. The summed E-state index contributed by atoms with van der Waals surface area (Å²) < 4.78 is 27.4. The second-order valence-electron chi connectivity index (χ2n) is 7.15. The Morgan fingerprint density at radius 2 is 1.90 bits per heavy atom. The van der Waals surface area contributed by atoms with Crippen LogP contribution in [0.3, 0.4) is 0 Å². The minimum absolute atomic E-state index is 0.222. The number of nitrogens with zero attached hydrogens (tertiary/aromatic N) is 2. The third kappa shape index (κ3) is 5.06. The number of nitrogens with one attached hydrogen (secondary N) is 1. The van der Waals surface area contributed by atoms with E-state index in [4.69, 9.17) is 0 Å². The average Bonchev–Trinajstić information content (AvgIpc) is 3.43. The molecule has 1 aromatic carbocycles. The highest BCUT2D eigenvalue weighted by molar-refractivity contribution is 7.91. The predicted octanol–water partition coefficient (Wildman–Crippen LogP) is 3.06. The van der Waals surface area contributed by atoms with Crippen LogP contribution in [0.5, 0.6) is 0 Å². The molecule has 0 unspecified atom stereocenters. The summed E-state index contributed by atoms with van der Waals surface area (Å²) in [4.78, 5) is 15.2. The summed E-state index contributed by atoms with van der Waals surface area (Å²) in [6.07, 6.45) is 1.25. The number of thiophene rings is 1. The molecule has 2 aromatic rings. The fourth-order valence-electron chi connectivity index (χ4n) is 3.69. The summed E-state index contributed by atoms with van der Waals surface area (Å²) >= 11 is 1.19. The van der Waals surface area contributed by atoms with Crippen molar-refractivity contribution in [1.29, 1.82) is 0 Å². The maximum atomic E-state index is 12.9. The number of carbonyl (C=O) groups is 1. The van der Waals surface area contributed by atoms with Gasteiger partial charge in [0.1, 0.15) is 10.3 Å². The van der Waals surface area contributed by atoms with Gasteiger partial charge in [0.15, 0.2) is 0 Å². The highest BCUT2D eigenvalue weighted by Gasteiger charge is 2.39. The monoisotopic (exact) mass is 435 g/mol. The highest BCUT2D eigenvalue weighted by atomic mass is 32.2. The van der Waals surface area contributed by atoms with E-state index in [-0.39, 0.29) is 5.91 Å². The predicted molar refractivity (Wildman–Crippen MR) is 116 cm³/mol. The Hall–Kier alpha value is -1.74. The van der Waals surface area contributed by atoms with E-state index < -0.39 is 16.1 Å². The molecule has 0 aliphatic carbocycles. The third-order valence-corrected chi connectivity index (χ3v) is 8.71. The van der Waals surface area contributed by atoms with E-state index >= 15 is 0 Å². The summed E-state index contributed by atoms with van der Waals surface area (Å²) in [5.74, 6) is -0.222. The minimum atomic E-state index is -3.62. The van der Waals surface area contributed by atoms with Crippen molar-refractivity contribution in [2.24, 2.45) is 0 Å². The minimum Gasteiger partial charge on any atom is -0.351 e. The molecule has 1 saturated heterocycles. The van der Waals surface area contributed by atoms with E-state index in [2.05, 4.69) is 30.1 Å². The molecule has 1 amide bonds. The Morgan fingerprint density at radius 3 is 2.55 bits per heavy atom. The number of rotatable bonds is 9. The van der Waals surface area contributed by atoms with Gasteiger partial charge in [-0.15, -0.1) is 11.3 Å². The van der Waals surface area contributed by atoms with Crippen molar-refractivity contribution in [1.82, 2.24) is 14.5 Å². The van der Waals surface area contributed by atoms with Gasteiger partial charge in [-0.2, -0.15) is 4.31 Å². The molecule has 0 bridgehead atoms. The molecule has 3 rings (SSSR count). The molecule has 8 heteroatoms. The van der Waals surface area contributed by atoms with Gasteiger partial charge in [0.2, 0.25) is 5.91 Å². The summed E-state index contributed by atoms with van der Waals surface area (Å²) in [6, 6.07) is 10.8. The molecule has 0 radical (unpaired) electrons. The first-order valence-electron chi connectivity index (χ1n) is 10.1. The third-order valence-electron chi connectivity index (χ3n) is 5.42. The zero-order valence-electron chi connectivity index (χ0n) is 17.0. The molecule has 0 saturated carbocycles. The largest absolute Gasteiger partial charge is 0.351 e. The Labute approximate surface area is 177 Å². The second kappa shape index (κ2) is 9.84. The van der Waals surface area contributed by atoms with Gasteiger partial charge < -0.3 is 5.32 Å². The molecule has 1 atom stereocenters. The summed E-state index contributed by atoms with van der Waals surface area (Å²) in [6.45, 7) is 7.83. The van der Waals surface area contributed by atoms with Crippen molar-refractivity contribution in [3.63, 3.8) is 0 Å². The van der Waals surface area contributed by atoms with E-state index in [1.807, 2.05) is 18.2 Å². The van der Waals surface area contributed by atoms with E-state index in [1.54, 1.807) is 17.5 Å². The fraction of sp³-hybridized carbons (Fsp3) is 0.476. The van der Waals surface area contributed by atoms with Gasteiger partial charge in [0.05, 0.1) is 0 Å². The number of carbonyl (C=O) groups excluding carboxylic acids is 1. The standard InChI is InChI=1S/C21H29N3O3S2/c1-3-23(4-2)16-18-10-6-5-9-17(18)15-22-21(25)19-11-7-13-24(19)29(26,27)20-12-8-14-28-20/h5-6,8-10,12,14,19H,3-4,7,11,13,15-16H2,1-2H3,(H,22,25)/t19-/m1/s1. The van der Waals surface area contributed by atoms with Gasteiger partial charge in [-0.25, -0.2) is 8.42 Å². The number of hydrogen-bond donors (Lipinski definition) is 1. The Morgan fingerprint density at radius 1 is 1.17 bits per heavy atom. The highest BCUT2D eigenvalue weighted by Crippen LogP contribution is 2.28. The maximum Gasteiger partial charge on any atom is 0.253 e. The molecule has 29 heavy (non-hydrogen) atoms. The van der Waals surface area contributed by atoms with Crippen LogP contribution in [-0.4, -0.2) is 49.2 Å². The van der Waals surface area contributed by atoms with Crippen molar-refractivity contribution in [3.05, 3.63) is 52.9 Å². The molecule has 1 aliphatic heterocycles. The van der Waals surface area contributed by atoms with Crippen molar-refractivity contribution < 1.29 is 13.2 Å². The van der Waals surface area contributed by atoms with Gasteiger partial charge >= 0.3 is 0 Å². The Kier molecular flexibility index (Phi) is 7.45. The normalized spacial score (nSPS) is 17.7. The molecular weight excluding hydrogens is 406 g/mol. The molecule has 6 nitrogen and oxygen atoms in total. The lowest BCUT2D eigenvalue weighted by Gasteiger charge is -2.23. The number of hydrogen-bond acceptors (Lipinski definition) is 5. The topological polar surface area (TPSA) is 69.7 Å². The smallest absolute Gasteiger partial charge is 0.253 e. The van der Waals surface area contributed by atoms with Crippen LogP contribution in [0.25, 0.3) is 0 Å². The van der Waals surface area contributed by atoms with Crippen LogP contribution < -0.4 is 5.32 Å². The average molecular weight is 436 g/mol. The van der Waals surface area contributed by atoms with Crippen LogP contribution in [0.1, 0.15) is 37.8 Å². The molecule has 1 fully saturated rings. The zero-order chi connectivity index (χ0) is 20.9. The molecular formula is C21H29N3O3S2. The fourth-order valence-corrected chi connectivity index (χ4v) is 6.46. The zero-order valence-corrected chi connectivity index (χ0v) is 18.6. The van der Waals surface area contributed by atoms with E-state index in [0.29, 0.717) is 30.1 Å². The SMILES string of the molecule is CCN(CC)Cc1ccccc1CNC(=O)[C@H]1CCCN1S(=O)(=O)c1cccs1. The number of sulfonamides is 1. The van der Waals surface area contributed by atoms with Crippen LogP contribution in [0.4, 0.5) is 0 Å². The van der Waals surface area contributed by atoms with Crippen molar-refractivity contribution in [2.45, 2.75) is 50.0 Å². The van der Waals surface area contributed by atoms with Crippen molar-refractivity contribution in [3.8, 4) is 0 Å². The van der Waals surface area contributed by atoms with Crippen LogP contribution in [0.15, 0.2) is 46.0 Å². The van der Waals surface area contributed by atoms with Gasteiger partial charge in [-0.3, -0.25) is 9.69 Å². The van der Waals surface area contributed by atoms with E-state index in [1.165, 1.54) is 21.2 Å². The Balaban J connectivity index is 1.68. The quantitative estimate of drug-likeness (QED) is 0.657. The summed E-state index contributed by atoms with van der Waals surface area (Å²) in [7, 11) is -3.62. The van der Waals surface area contributed by atoms with Gasteiger partial charge in [-0.1, -0.05) is 44.2 Å². The van der Waals surface area contributed by atoms with Crippen molar-refractivity contribution >= 4 is 27.3 Å². The molecule has 1 aliphatic rings. The summed E-state index contributed by atoms with van der Waals surface area (Å²) in [5.41, 5.74) is 2.25. The summed E-state index contributed by atoms with van der Waals surface area (Å²) in [5, 5.41) is 4.72. The van der Waals surface area contributed by atoms with Gasteiger partial charge in [0, 0.05) is 19.6 Å². The van der Waals surface area contributed by atoms with E-state index in [0.717, 1.165) is 25.2 Å². The van der Waals surface area contributed by atoms with E-state index in [9.17, 15) is 13.2 Å².